The van der Waals surface area contributed by atoms with Gasteiger partial charge in [0.05, 0.1) is 5.56 Å². The van der Waals surface area contributed by atoms with Gasteiger partial charge >= 0.3 is 6.01 Å². The number of guanidine groups is 1. The fraction of sp³-hybridized carbons (Fsp3) is 0.0909. The molecule has 0 aliphatic carbocycles. The summed E-state index contributed by atoms with van der Waals surface area (Å²) in [5, 5.41) is 7.64. The molecule has 178 valence electrons. The smallest absolute Gasteiger partial charge is 0.327 e. The van der Waals surface area contributed by atoms with Crippen LogP contribution in [0.5, 0.6) is 23.4 Å². The van der Waals surface area contributed by atoms with Crippen molar-refractivity contribution in [3.05, 3.63) is 59.4 Å². The molecule has 0 fully saturated rings. The minimum Gasteiger partial charge on any atom is -0.437 e. The van der Waals surface area contributed by atoms with Crippen LogP contribution in [0.4, 0.5) is 5.69 Å². The standard InChI is InChI=1S/C22H22N10O3/c1-2-15-29-16-19(30-15)31-22(35-14-6-4-3-5-13(14)28-21(26)27)32-20(16)34-10-7-8-11(17(23)24)12(9-10)18(25)33/h3-9H,2H2,1H3,(H3,23,24)(H2,25,33)(H4,26,27,28)(H,29,30,31,32). The number of nitrogens with zero attached hydrogens (tertiary/aromatic N) is 4. The zero-order valence-electron chi connectivity index (χ0n) is 18.6. The van der Waals surface area contributed by atoms with E-state index >= 15 is 0 Å². The summed E-state index contributed by atoms with van der Waals surface area (Å²) in [7, 11) is 0. The van der Waals surface area contributed by atoms with Gasteiger partial charge in [0, 0.05) is 12.0 Å². The summed E-state index contributed by atoms with van der Waals surface area (Å²) >= 11 is 0. The third-order valence-corrected chi connectivity index (χ3v) is 4.76. The average Bonchev–Trinajstić information content (AvgIpc) is 3.23. The van der Waals surface area contributed by atoms with Crippen molar-refractivity contribution in [2.75, 3.05) is 0 Å². The van der Waals surface area contributed by atoms with E-state index in [0.29, 0.717) is 34.8 Å². The fourth-order valence-electron chi connectivity index (χ4n) is 3.20. The topological polar surface area (TPSA) is 230 Å². The normalized spacial score (nSPS) is 10.7. The second kappa shape index (κ2) is 9.35. The maximum Gasteiger partial charge on any atom is 0.327 e. The molecule has 35 heavy (non-hydrogen) atoms. The van der Waals surface area contributed by atoms with Crippen LogP contribution >= 0.6 is 0 Å². The van der Waals surface area contributed by atoms with E-state index in [4.69, 9.17) is 37.8 Å². The number of aromatic amines is 1. The van der Waals surface area contributed by atoms with E-state index in [1.807, 2.05) is 6.92 Å². The Bertz CT molecular complexity index is 1470. The Hall–Kier alpha value is -5.20. The van der Waals surface area contributed by atoms with Gasteiger partial charge in [0.25, 0.3) is 5.88 Å². The minimum atomic E-state index is -0.761. The van der Waals surface area contributed by atoms with Crippen molar-refractivity contribution in [1.82, 2.24) is 19.9 Å². The van der Waals surface area contributed by atoms with E-state index in [2.05, 4.69) is 24.9 Å². The maximum absolute atomic E-state index is 11.9. The maximum atomic E-state index is 11.9. The lowest BCUT2D eigenvalue weighted by Crippen LogP contribution is -2.21. The number of nitrogens with one attached hydrogen (secondary N) is 2. The lowest BCUT2D eigenvalue weighted by Gasteiger charge is -2.11. The molecule has 0 atom stereocenters. The number of carbonyl (C=O) groups excluding carboxylic acids is 1. The molecule has 10 N–H and O–H groups in total. The van der Waals surface area contributed by atoms with Gasteiger partial charge in [-0.3, -0.25) is 10.2 Å². The number of rotatable bonds is 8. The average molecular weight is 474 g/mol. The van der Waals surface area contributed by atoms with E-state index < -0.39 is 5.91 Å². The number of aliphatic imine (C=N–C) groups is 1. The highest BCUT2D eigenvalue weighted by Crippen LogP contribution is 2.33. The number of aryl methyl sites for hydroxylation is 1. The van der Waals surface area contributed by atoms with Gasteiger partial charge in [-0.1, -0.05) is 19.1 Å². The molecule has 0 aliphatic heterocycles. The first kappa shape index (κ1) is 23.0. The molecule has 0 saturated carbocycles. The van der Waals surface area contributed by atoms with Gasteiger partial charge in [0.15, 0.2) is 17.4 Å². The third-order valence-electron chi connectivity index (χ3n) is 4.76. The van der Waals surface area contributed by atoms with Gasteiger partial charge < -0.3 is 37.4 Å². The van der Waals surface area contributed by atoms with E-state index in [9.17, 15) is 4.79 Å². The molecule has 0 radical (unpaired) electrons. The Morgan fingerprint density at radius 3 is 2.49 bits per heavy atom. The molecule has 13 nitrogen and oxygen atoms in total. The van der Waals surface area contributed by atoms with Crippen LogP contribution in [-0.2, 0) is 6.42 Å². The second-order valence-corrected chi connectivity index (χ2v) is 7.24. The van der Waals surface area contributed by atoms with Crippen LogP contribution in [0.3, 0.4) is 0 Å². The Kier molecular flexibility index (Phi) is 6.14. The van der Waals surface area contributed by atoms with E-state index in [0.717, 1.165) is 0 Å². The van der Waals surface area contributed by atoms with Crippen molar-refractivity contribution in [3.63, 3.8) is 0 Å². The fourth-order valence-corrected chi connectivity index (χ4v) is 3.20. The SMILES string of the molecule is CCc1nc2nc(Oc3ccccc3N=C(N)N)nc(Oc3ccc(C(=N)N)c(C(N)=O)c3)c2[nH]1. The molecule has 2 heterocycles. The molecule has 2 aromatic carbocycles. The molecule has 0 spiro atoms. The number of benzene rings is 2. The summed E-state index contributed by atoms with van der Waals surface area (Å²) in [6.45, 7) is 1.92. The number of amides is 1. The minimum absolute atomic E-state index is 0.0294. The first-order valence-electron chi connectivity index (χ1n) is 10.3. The molecule has 0 bridgehead atoms. The summed E-state index contributed by atoms with van der Waals surface area (Å²) in [6.07, 6.45) is 0.610. The zero-order valence-corrected chi connectivity index (χ0v) is 18.6. The summed E-state index contributed by atoms with van der Waals surface area (Å²) in [6, 6.07) is 11.1. The van der Waals surface area contributed by atoms with Gasteiger partial charge in [-0.05, 0) is 30.3 Å². The van der Waals surface area contributed by atoms with Gasteiger partial charge in [-0.2, -0.15) is 9.97 Å². The highest BCUT2D eigenvalue weighted by Gasteiger charge is 2.18. The van der Waals surface area contributed by atoms with Crippen molar-refractivity contribution < 1.29 is 14.3 Å². The molecule has 0 unspecified atom stereocenters. The Morgan fingerprint density at radius 1 is 1.03 bits per heavy atom. The molecule has 1 amide bonds. The molecule has 4 aromatic rings. The van der Waals surface area contributed by atoms with Crippen LogP contribution in [0, 0.1) is 5.41 Å². The predicted octanol–water partition coefficient (Wildman–Crippen LogP) is 1.79. The molecular weight excluding hydrogens is 452 g/mol. The van der Waals surface area contributed by atoms with Crippen LogP contribution in [0.1, 0.15) is 28.7 Å². The summed E-state index contributed by atoms with van der Waals surface area (Å²) < 4.78 is 11.8. The summed E-state index contributed by atoms with van der Waals surface area (Å²) in [5.41, 5.74) is 23.3. The van der Waals surface area contributed by atoms with Crippen LogP contribution in [0.25, 0.3) is 11.2 Å². The number of carbonyl (C=O) groups is 1. The van der Waals surface area contributed by atoms with Crippen LogP contribution in [0.2, 0.25) is 0 Å². The summed E-state index contributed by atoms with van der Waals surface area (Å²) in [4.78, 5) is 32.2. The van der Waals surface area contributed by atoms with Gasteiger partial charge in [0.1, 0.15) is 28.6 Å². The number of para-hydroxylation sites is 2. The lowest BCUT2D eigenvalue weighted by atomic mass is 10.1. The molecule has 0 aliphatic rings. The number of primary amides is 1. The van der Waals surface area contributed by atoms with Crippen molar-refractivity contribution in [1.29, 1.82) is 5.41 Å². The van der Waals surface area contributed by atoms with Crippen LogP contribution in [-0.4, -0.2) is 37.6 Å². The first-order chi connectivity index (χ1) is 16.7. The number of hydrogen-bond acceptors (Lipinski definition) is 8. The number of fused-ring (bicyclic) bond motifs is 1. The van der Waals surface area contributed by atoms with Crippen molar-refractivity contribution in [2.45, 2.75) is 13.3 Å². The Morgan fingerprint density at radius 2 is 1.80 bits per heavy atom. The lowest BCUT2D eigenvalue weighted by molar-refractivity contribution is 0.0999. The number of H-pyrrole nitrogens is 1. The second-order valence-electron chi connectivity index (χ2n) is 7.24. The number of amidine groups is 1. The highest BCUT2D eigenvalue weighted by atomic mass is 16.5. The molecular formula is C22H22N10O3. The number of imidazole rings is 1. The van der Waals surface area contributed by atoms with E-state index in [1.54, 1.807) is 24.3 Å². The highest BCUT2D eigenvalue weighted by molar-refractivity contribution is 6.07. The van der Waals surface area contributed by atoms with Crippen LogP contribution in [0.15, 0.2) is 47.5 Å². The van der Waals surface area contributed by atoms with Crippen LogP contribution < -0.4 is 32.4 Å². The predicted molar refractivity (Wildman–Crippen MR) is 129 cm³/mol. The quantitative estimate of drug-likeness (QED) is 0.161. The Balaban J connectivity index is 1.78. The van der Waals surface area contributed by atoms with Gasteiger partial charge in [-0.25, -0.2) is 9.98 Å². The van der Waals surface area contributed by atoms with Crippen molar-refractivity contribution >= 4 is 34.6 Å². The number of nitrogens with two attached hydrogens (primary N) is 4. The largest absolute Gasteiger partial charge is 0.437 e. The molecule has 13 heteroatoms. The number of aromatic nitrogens is 4. The van der Waals surface area contributed by atoms with E-state index in [1.165, 1.54) is 18.2 Å². The Labute approximate surface area is 198 Å². The zero-order chi connectivity index (χ0) is 25.1. The third kappa shape index (κ3) is 4.93. The number of ether oxygens (including phenoxy) is 2. The number of hydrogen-bond donors (Lipinski definition) is 6. The van der Waals surface area contributed by atoms with Crippen molar-refractivity contribution in [3.8, 4) is 23.4 Å². The monoisotopic (exact) mass is 474 g/mol. The molecule has 0 saturated heterocycles. The molecule has 4 rings (SSSR count). The first-order valence-corrected chi connectivity index (χ1v) is 10.3. The van der Waals surface area contributed by atoms with Crippen molar-refractivity contribution in [2.24, 2.45) is 27.9 Å². The molecule has 2 aromatic heterocycles. The van der Waals surface area contributed by atoms with Gasteiger partial charge in [-0.15, -0.1) is 0 Å². The summed E-state index contributed by atoms with van der Waals surface area (Å²) in [5.74, 6) is 0.0716. The van der Waals surface area contributed by atoms with E-state index in [-0.39, 0.29) is 40.6 Å². The van der Waals surface area contributed by atoms with Gasteiger partial charge in [0.2, 0.25) is 5.91 Å². The number of nitrogen functional groups attached to an aromatic ring is 1.